The van der Waals surface area contributed by atoms with Crippen molar-refractivity contribution in [1.29, 1.82) is 0 Å². The Morgan fingerprint density at radius 3 is 2.47 bits per heavy atom. The van der Waals surface area contributed by atoms with Gasteiger partial charge in [-0.1, -0.05) is 12.1 Å². The molecule has 2 amide bonds. The third kappa shape index (κ3) is 4.15. The predicted molar refractivity (Wildman–Crippen MR) is 112 cm³/mol. The number of hydrazine groups is 1. The molecule has 0 atom stereocenters. The van der Waals surface area contributed by atoms with E-state index in [1.54, 1.807) is 6.08 Å². The van der Waals surface area contributed by atoms with E-state index < -0.39 is 16.7 Å². The van der Waals surface area contributed by atoms with Crippen LogP contribution < -0.4 is 16.4 Å². The van der Waals surface area contributed by atoms with Crippen molar-refractivity contribution in [2.24, 2.45) is 0 Å². The molecule has 0 aliphatic carbocycles. The number of aromatic nitrogens is 2. The van der Waals surface area contributed by atoms with Crippen LogP contribution in [0, 0.1) is 14.9 Å². The second-order valence-corrected chi connectivity index (χ2v) is 6.50. The number of nitro groups is 1. The number of carbonyl (C=O) groups excluding carboxylic acids is 2. The molecule has 30 heavy (non-hydrogen) atoms. The number of nitrogens with one attached hydrogen (secondary N) is 3. The topological polar surface area (TPSA) is 139 Å². The molecule has 0 fully saturated rings. The van der Waals surface area contributed by atoms with E-state index in [2.05, 4.69) is 22.4 Å². The highest BCUT2D eigenvalue weighted by Gasteiger charge is 2.14. The fourth-order valence-corrected chi connectivity index (χ4v) is 2.98. The summed E-state index contributed by atoms with van der Waals surface area (Å²) in [7, 11) is 0. The summed E-state index contributed by atoms with van der Waals surface area (Å²) in [6, 6.07) is 9.40. The van der Waals surface area contributed by atoms with Gasteiger partial charge in [0.25, 0.3) is 23.1 Å². The van der Waals surface area contributed by atoms with Gasteiger partial charge < -0.3 is 4.98 Å². The van der Waals surface area contributed by atoms with Gasteiger partial charge in [0.1, 0.15) is 0 Å². The van der Waals surface area contributed by atoms with Gasteiger partial charge in [-0.25, -0.2) is 0 Å². The lowest BCUT2D eigenvalue weighted by molar-refractivity contribution is -0.384. The average Bonchev–Trinajstić information content (AvgIpc) is 2.74. The molecule has 2 aromatic carbocycles. The van der Waals surface area contributed by atoms with Crippen molar-refractivity contribution in [3.63, 3.8) is 0 Å². The molecule has 0 saturated heterocycles. The standard InChI is InChI=1S/C19H15N5O5S/c1-2-8-23-18(27)14-7-6-12(10-15(14)20-19(23)30)17(26)22-21-16(25)11-4-3-5-13(9-11)24(28)29/h2-7,9-10H,1,8H2,(H,20,30)(H,21,25)(H,22,26). The molecule has 3 rings (SSSR count). The van der Waals surface area contributed by atoms with Crippen LogP contribution in [-0.4, -0.2) is 26.3 Å². The summed E-state index contributed by atoms with van der Waals surface area (Å²) in [5, 5.41) is 11.1. The minimum absolute atomic E-state index is 0.00913. The zero-order chi connectivity index (χ0) is 21.8. The second kappa shape index (κ2) is 8.49. The highest BCUT2D eigenvalue weighted by atomic mass is 32.1. The Morgan fingerprint density at radius 1 is 1.17 bits per heavy atom. The number of carbonyl (C=O) groups is 2. The molecule has 3 N–H and O–H groups in total. The number of fused-ring (bicyclic) bond motifs is 1. The average molecular weight is 425 g/mol. The molecule has 11 heteroatoms. The quantitative estimate of drug-likeness (QED) is 0.248. The van der Waals surface area contributed by atoms with Gasteiger partial charge in [0.2, 0.25) is 0 Å². The predicted octanol–water partition coefficient (Wildman–Crippen LogP) is 2.23. The van der Waals surface area contributed by atoms with Crippen molar-refractivity contribution >= 4 is 40.6 Å². The summed E-state index contributed by atoms with van der Waals surface area (Å²) in [5.41, 5.74) is 4.38. The summed E-state index contributed by atoms with van der Waals surface area (Å²) >= 11 is 5.16. The van der Waals surface area contributed by atoms with E-state index >= 15 is 0 Å². The van der Waals surface area contributed by atoms with Crippen LogP contribution in [0.2, 0.25) is 0 Å². The summed E-state index contributed by atoms with van der Waals surface area (Å²) < 4.78 is 1.52. The van der Waals surface area contributed by atoms with Crippen LogP contribution in [0.15, 0.2) is 59.9 Å². The first-order valence-corrected chi connectivity index (χ1v) is 8.95. The maximum atomic E-state index is 12.5. The van der Waals surface area contributed by atoms with Crippen LogP contribution in [0.3, 0.4) is 0 Å². The zero-order valence-corrected chi connectivity index (χ0v) is 16.2. The van der Waals surface area contributed by atoms with Crippen molar-refractivity contribution in [2.75, 3.05) is 0 Å². The van der Waals surface area contributed by atoms with Crippen LogP contribution in [0.25, 0.3) is 10.9 Å². The minimum atomic E-state index is -0.723. The SMILES string of the molecule is C=CCn1c(=S)[nH]c2cc(C(=O)NNC(=O)c3cccc([N+](=O)[O-])c3)ccc2c1=O. The van der Waals surface area contributed by atoms with Gasteiger partial charge in [0.05, 0.1) is 15.8 Å². The number of non-ortho nitro benzene ring substituents is 1. The minimum Gasteiger partial charge on any atom is -0.332 e. The highest BCUT2D eigenvalue weighted by molar-refractivity contribution is 7.71. The Morgan fingerprint density at radius 2 is 1.83 bits per heavy atom. The van der Waals surface area contributed by atoms with Crippen molar-refractivity contribution in [1.82, 2.24) is 20.4 Å². The molecular weight excluding hydrogens is 410 g/mol. The number of amides is 2. The number of hydrogen-bond donors (Lipinski definition) is 3. The summed E-state index contributed by atoms with van der Waals surface area (Å²) in [6.07, 6.45) is 1.54. The fraction of sp³-hybridized carbons (Fsp3) is 0.0526. The molecule has 0 bridgehead atoms. The molecule has 152 valence electrons. The lowest BCUT2D eigenvalue weighted by Crippen LogP contribution is -2.41. The molecule has 0 radical (unpaired) electrons. The van der Waals surface area contributed by atoms with Crippen LogP contribution in [0.1, 0.15) is 20.7 Å². The monoisotopic (exact) mass is 425 g/mol. The van der Waals surface area contributed by atoms with Crippen LogP contribution in [0.5, 0.6) is 0 Å². The van der Waals surface area contributed by atoms with Gasteiger partial charge >= 0.3 is 0 Å². The molecule has 0 aliphatic rings. The normalized spacial score (nSPS) is 10.4. The van der Waals surface area contributed by atoms with E-state index in [4.69, 9.17) is 12.2 Å². The molecule has 0 spiro atoms. The first kappa shape index (κ1) is 20.6. The maximum Gasteiger partial charge on any atom is 0.270 e. The third-order valence-electron chi connectivity index (χ3n) is 4.16. The summed E-state index contributed by atoms with van der Waals surface area (Å²) in [4.78, 5) is 50.1. The Labute approximate surface area is 174 Å². The van der Waals surface area contributed by atoms with E-state index in [0.717, 1.165) is 6.07 Å². The Kier molecular flexibility index (Phi) is 5.83. The first-order valence-electron chi connectivity index (χ1n) is 8.54. The van der Waals surface area contributed by atoms with E-state index in [0.29, 0.717) is 10.9 Å². The summed E-state index contributed by atoms with van der Waals surface area (Å²) in [5.74, 6) is -1.37. The molecule has 0 saturated carbocycles. The number of nitro benzene ring substituents is 1. The Balaban J connectivity index is 1.79. The number of nitrogens with zero attached hydrogens (tertiary/aromatic N) is 2. The molecule has 1 aromatic heterocycles. The maximum absolute atomic E-state index is 12.5. The molecule has 0 unspecified atom stereocenters. The lowest BCUT2D eigenvalue weighted by Gasteiger charge is -2.09. The van der Waals surface area contributed by atoms with E-state index in [9.17, 15) is 24.5 Å². The van der Waals surface area contributed by atoms with Crippen molar-refractivity contribution in [3.05, 3.63) is 91.5 Å². The van der Waals surface area contributed by atoms with Crippen molar-refractivity contribution in [2.45, 2.75) is 6.54 Å². The molecule has 1 heterocycles. The number of aromatic amines is 1. The van der Waals surface area contributed by atoms with E-state index in [1.807, 2.05) is 0 Å². The van der Waals surface area contributed by atoms with Gasteiger partial charge in [-0.3, -0.25) is 39.9 Å². The number of H-pyrrole nitrogens is 1. The summed E-state index contributed by atoms with van der Waals surface area (Å²) in [6.45, 7) is 3.83. The Hall–Kier alpha value is -4.12. The van der Waals surface area contributed by atoms with Crippen molar-refractivity contribution in [3.8, 4) is 0 Å². The molecular formula is C19H15N5O5S. The first-order chi connectivity index (χ1) is 14.3. The Bertz CT molecular complexity index is 1310. The van der Waals surface area contributed by atoms with Gasteiger partial charge in [0, 0.05) is 29.8 Å². The van der Waals surface area contributed by atoms with Gasteiger partial charge in [-0.2, -0.15) is 0 Å². The van der Waals surface area contributed by atoms with Gasteiger partial charge in [-0.15, -0.1) is 6.58 Å². The largest absolute Gasteiger partial charge is 0.332 e. The van der Waals surface area contributed by atoms with Crippen LogP contribution in [-0.2, 0) is 6.54 Å². The second-order valence-electron chi connectivity index (χ2n) is 6.11. The molecule has 0 aliphatic heterocycles. The van der Waals surface area contributed by atoms with E-state index in [1.165, 1.54) is 41.0 Å². The van der Waals surface area contributed by atoms with Gasteiger partial charge in [0.15, 0.2) is 4.77 Å². The zero-order valence-electron chi connectivity index (χ0n) is 15.4. The van der Waals surface area contributed by atoms with E-state index in [-0.39, 0.29) is 33.7 Å². The van der Waals surface area contributed by atoms with Crippen molar-refractivity contribution < 1.29 is 14.5 Å². The third-order valence-corrected chi connectivity index (χ3v) is 4.49. The molecule has 3 aromatic rings. The lowest BCUT2D eigenvalue weighted by atomic mass is 10.1. The van der Waals surface area contributed by atoms with Crippen LogP contribution >= 0.6 is 12.2 Å². The number of hydrogen-bond acceptors (Lipinski definition) is 6. The fourth-order valence-electron chi connectivity index (χ4n) is 2.71. The van der Waals surface area contributed by atoms with Crippen LogP contribution in [0.4, 0.5) is 5.69 Å². The number of allylic oxidation sites excluding steroid dienone is 1. The smallest absolute Gasteiger partial charge is 0.270 e. The molecule has 10 nitrogen and oxygen atoms in total. The number of rotatable bonds is 5. The number of benzene rings is 2. The van der Waals surface area contributed by atoms with Gasteiger partial charge in [-0.05, 0) is 36.5 Å². The highest BCUT2D eigenvalue weighted by Crippen LogP contribution is 2.13.